The Kier molecular flexibility index (Phi) is 4.15. The Bertz CT molecular complexity index is 622. The maximum atomic E-state index is 4.53. The van der Waals surface area contributed by atoms with Crippen molar-refractivity contribution in [3.05, 3.63) is 54.4 Å². The Balaban J connectivity index is 1.71. The van der Waals surface area contributed by atoms with Gasteiger partial charge in [-0.2, -0.15) is 0 Å². The van der Waals surface area contributed by atoms with Gasteiger partial charge >= 0.3 is 0 Å². The van der Waals surface area contributed by atoms with Gasteiger partial charge in [0.2, 0.25) is 0 Å². The molecule has 0 fully saturated rings. The van der Waals surface area contributed by atoms with E-state index in [1.54, 1.807) is 6.20 Å². The van der Waals surface area contributed by atoms with E-state index in [1.165, 1.54) is 11.1 Å². The van der Waals surface area contributed by atoms with Gasteiger partial charge in [-0.05, 0) is 35.2 Å². The molecule has 2 aromatic rings. The summed E-state index contributed by atoms with van der Waals surface area (Å²) in [5, 5.41) is 3.43. The molecule has 0 radical (unpaired) electrons. The molecule has 1 N–H and O–H groups in total. The first-order valence-electron chi connectivity index (χ1n) is 7.32. The van der Waals surface area contributed by atoms with Crippen LogP contribution in [0.4, 0.5) is 0 Å². The molecule has 3 rings (SSSR count). The SMILES string of the molecule is CN1CCCN=C1NCc1cccc(-c2cccnc2)c1. The van der Waals surface area contributed by atoms with Gasteiger partial charge in [0.1, 0.15) is 0 Å². The van der Waals surface area contributed by atoms with Gasteiger partial charge in [0.25, 0.3) is 0 Å². The zero-order valence-electron chi connectivity index (χ0n) is 12.3. The molecule has 1 aliphatic rings. The van der Waals surface area contributed by atoms with Crippen molar-refractivity contribution < 1.29 is 0 Å². The molecule has 0 saturated carbocycles. The van der Waals surface area contributed by atoms with E-state index in [2.05, 4.69) is 57.6 Å². The van der Waals surface area contributed by atoms with Crippen LogP contribution in [0, 0.1) is 0 Å². The quantitative estimate of drug-likeness (QED) is 0.939. The molecule has 0 amide bonds. The molecule has 4 nitrogen and oxygen atoms in total. The lowest BCUT2D eigenvalue weighted by Crippen LogP contribution is -2.41. The van der Waals surface area contributed by atoms with Crippen molar-refractivity contribution in [3.63, 3.8) is 0 Å². The van der Waals surface area contributed by atoms with E-state index in [-0.39, 0.29) is 0 Å². The van der Waals surface area contributed by atoms with Crippen molar-refractivity contribution in [1.29, 1.82) is 0 Å². The average molecular weight is 280 g/mol. The number of aliphatic imine (C=N–C) groups is 1. The largest absolute Gasteiger partial charge is 0.352 e. The maximum absolute atomic E-state index is 4.53. The average Bonchev–Trinajstić information content (AvgIpc) is 2.55. The normalized spacial score (nSPS) is 14.7. The van der Waals surface area contributed by atoms with Crippen LogP contribution in [-0.4, -0.2) is 36.0 Å². The number of benzene rings is 1. The number of nitrogens with one attached hydrogen (secondary N) is 1. The monoisotopic (exact) mass is 280 g/mol. The standard InChI is InChI=1S/C17H20N4/c1-21-10-4-9-19-17(21)20-12-14-5-2-6-15(11-14)16-7-3-8-18-13-16/h2-3,5-8,11,13H,4,9-10,12H2,1H3,(H,19,20). The predicted molar refractivity (Wildman–Crippen MR) is 86.1 cm³/mol. The first kappa shape index (κ1) is 13.6. The van der Waals surface area contributed by atoms with Crippen molar-refractivity contribution >= 4 is 5.96 Å². The fourth-order valence-electron chi connectivity index (χ4n) is 2.49. The summed E-state index contributed by atoms with van der Waals surface area (Å²) in [5.41, 5.74) is 3.59. The molecule has 0 spiro atoms. The topological polar surface area (TPSA) is 40.5 Å². The van der Waals surface area contributed by atoms with Crippen molar-refractivity contribution in [2.45, 2.75) is 13.0 Å². The number of pyridine rings is 1. The molecule has 2 heterocycles. The van der Waals surface area contributed by atoms with Crippen LogP contribution in [0.2, 0.25) is 0 Å². The fraction of sp³-hybridized carbons (Fsp3) is 0.294. The molecule has 21 heavy (non-hydrogen) atoms. The van der Waals surface area contributed by atoms with Crippen LogP contribution in [0.5, 0.6) is 0 Å². The van der Waals surface area contributed by atoms with Crippen molar-refractivity contribution in [3.8, 4) is 11.1 Å². The molecule has 0 atom stereocenters. The number of guanidine groups is 1. The lowest BCUT2D eigenvalue weighted by atomic mass is 10.0. The minimum absolute atomic E-state index is 0.789. The van der Waals surface area contributed by atoms with Crippen LogP contribution in [0.15, 0.2) is 53.8 Å². The minimum atomic E-state index is 0.789. The highest BCUT2D eigenvalue weighted by Crippen LogP contribution is 2.19. The third-order valence-electron chi connectivity index (χ3n) is 3.65. The second-order valence-electron chi connectivity index (χ2n) is 5.28. The molecular weight excluding hydrogens is 260 g/mol. The summed E-state index contributed by atoms with van der Waals surface area (Å²) >= 11 is 0. The summed E-state index contributed by atoms with van der Waals surface area (Å²) in [5.74, 6) is 0.994. The Labute approximate surface area is 125 Å². The number of hydrogen-bond acceptors (Lipinski definition) is 4. The van der Waals surface area contributed by atoms with E-state index < -0.39 is 0 Å². The highest BCUT2D eigenvalue weighted by atomic mass is 15.3. The van der Waals surface area contributed by atoms with Gasteiger partial charge in [-0.3, -0.25) is 9.98 Å². The Hall–Kier alpha value is -2.36. The van der Waals surface area contributed by atoms with Crippen LogP contribution in [0.3, 0.4) is 0 Å². The zero-order valence-corrected chi connectivity index (χ0v) is 12.3. The Morgan fingerprint density at radius 2 is 2.10 bits per heavy atom. The minimum Gasteiger partial charge on any atom is -0.352 e. The van der Waals surface area contributed by atoms with E-state index in [4.69, 9.17) is 0 Å². The van der Waals surface area contributed by atoms with Crippen LogP contribution in [0.25, 0.3) is 11.1 Å². The van der Waals surface area contributed by atoms with Crippen molar-refractivity contribution in [2.24, 2.45) is 4.99 Å². The summed E-state index contributed by atoms with van der Waals surface area (Å²) < 4.78 is 0. The summed E-state index contributed by atoms with van der Waals surface area (Å²) in [6, 6.07) is 12.6. The van der Waals surface area contributed by atoms with Crippen LogP contribution in [-0.2, 0) is 6.54 Å². The highest BCUT2D eigenvalue weighted by molar-refractivity contribution is 5.80. The third-order valence-corrected chi connectivity index (χ3v) is 3.65. The molecule has 0 unspecified atom stereocenters. The van der Waals surface area contributed by atoms with Gasteiger partial charge in [-0.1, -0.05) is 24.3 Å². The Morgan fingerprint density at radius 3 is 2.90 bits per heavy atom. The molecule has 0 saturated heterocycles. The molecule has 108 valence electrons. The third kappa shape index (κ3) is 3.40. The van der Waals surface area contributed by atoms with Crippen LogP contribution < -0.4 is 5.32 Å². The molecule has 1 aromatic carbocycles. The van der Waals surface area contributed by atoms with Gasteiger partial charge in [0, 0.05) is 39.1 Å². The molecule has 4 heteroatoms. The first-order chi connectivity index (χ1) is 10.3. The number of hydrogen-bond donors (Lipinski definition) is 1. The molecule has 0 bridgehead atoms. The van der Waals surface area contributed by atoms with Gasteiger partial charge in [0.05, 0.1) is 0 Å². The predicted octanol–water partition coefficient (Wildman–Crippen LogP) is 2.53. The maximum Gasteiger partial charge on any atom is 0.193 e. The number of nitrogens with zero attached hydrogens (tertiary/aromatic N) is 3. The van der Waals surface area contributed by atoms with Gasteiger partial charge < -0.3 is 10.2 Å². The van der Waals surface area contributed by atoms with Gasteiger partial charge in [-0.15, -0.1) is 0 Å². The van der Waals surface area contributed by atoms with E-state index in [1.807, 2.05) is 12.3 Å². The lowest BCUT2D eigenvalue weighted by Gasteiger charge is -2.25. The van der Waals surface area contributed by atoms with Gasteiger partial charge in [0.15, 0.2) is 5.96 Å². The second kappa shape index (κ2) is 6.39. The summed E-state index contributed by atoms with van der Waals surface area (Å²) in [6.07, 6.45) is 4.83. The zero-order chi connectivity index (χ0) is 14.5. The van der Waals surface area contributed by atoms with Gasteiger partial charge in [-0.25, -0.2) is 0 Å². The van der Waals surface area contributed by atoms with E-state index in [0.717, 1.165) is 37.6 Å². The lowest BCUT2D eigenvalue weighted by molar-refractivity contribution is 0.446. The second-order valence-corrected chi connectivity index (χ2v) is 5.28. The van der Waals surface area contributed by atoms with E-state index in [9.17, 15) is 0 Å². The summed E-state index contributed by atoms with van der Waals surface area (Å²) in [7, 11) is 2.08. The molecule has 1 aromatic heterocycles. The highest BCUT2D eigenvalue weighted by Gasteiger charge is 2.10. The smallest absolute Gasteiger partial charge is 0.193 e. The molecular formula is C17H20N4. The van der Waals surface area contributed by atoms with Crippen molar-refractivity contribution in [2.75, 3.05) is 20.1 Å². The molecule has 0 aliphatic carbocycles. The van der Waals surface area contributed by atoms with Crippen LogP contribution in [0.1, 0.15) is 12.0 Å². The summed E-state index contributed by atoms with van der Waals surface area (Å²) in [4.78, 5) is 10.9. The first-order valence-corrected chi connectivity index (χ1v) is 7.32. The van der Waals surface area contributed by atoms with E-state index >= 15 is 0 Å². The number of rotatable bonds is 3. The molecule has 1 aliphatic heterocycles. The summed E-state index contributed by atoms with van der Waals surface area (Å²) in [6.45, 7) is 2.78. The Morgan fingerprint density at radius 1 is 1.19 bits per heavy atom. The van der Waals surface area contributed by atoms with Crippen molar-refractivity contribution in [1.82, 2.24) is 15.2 Å². The fourth-order valence-corrected chi connectivity index (χ4v) is 2.49. The number of aromatic nitrogens is 1. The van der Waals surface area contributed by atoms with E-state index in [0.29, 0.717) is 0 Å². The van der Waals surface area contributed by atoms with Crippen LogP contribution >= 0.6 is 0 Å².